The van der Waals surface area contributed by atoms with E-state index in [9.17, 15) is 13.7 Å². The second-order valence-corrected chi connectivity index (χ2v) is 7.12. The van der Waals surface area contributed by atoms with E-state index in [4.69, 9.17) is 0 Å². The van der Waals surface area contributed by atoms with Gasteiger partial charge in [0.1, 0.15) is 0 Å². The van der Waals surface area contributed by atoms with E-state index in [0.717, 1.165) is 29.2 Å². The van der Waals surface area contributed by atoms with Crippen molar-refractivity contribution in [3.63, 3.8) is 0 Å². The Labute approximate surface area is 144 Å². The molecule has 1 aliphatic rings. The highest BCUT2D eigenvalue weighted by Crippen LogP contribution is 2.33. The van der Waals surface area contributed by atoms with Crippen molar-refractivity contribution in [2.75, 3.05) is 13.1 Å². The molecule has 1 saturated heterocycles. The van der Waals surface area contributed by atoms with E-state index < -0.39 is 16.1 Å². The minimum atomic E-state index is -2.82. The normalized spacial score (nSPS) is 20.1. The van der Waals surface area contributed by atoms with Crippen molar-refractivity contribution in [1.82, 2.24) is 30.3 Å². The van der Waals surface area contributed by atoms with E-state index in [-0.39, 0.29) is 5.92 Å². The number of fused-ring (bicyclic) bond motifs is 3. The summed E-state index contributed by atoms with van der Waals surface area (Å²) in [5, 5.41) is 26.2. The highest BCUT2D eigenvalue weighted by Gasteiger charge is 2.30. The maximum Gasteiger partial charge on any atom is 0.204 e. The van der Waals surface area contributed by atoms with E-state index in [1.807, 2.05) is 12.1 Å². The molecule has 0 spiro atoms. The third-order valence-corrected chi connectivity index (χ3v) is 5.50. The Morgan fingerprint density at radius 2 is 2.24 bits per heavy atom. The number of likely N-dealkylation sites (tertiary alicyclic amines) is 1. The third kappa shape index (κ3) is 2.71. The molecule has 3 aromatic rings. The molecule has 1 fully saturated rings. The lowest BCUT2D eigenvalue weighted by Crippen LogP contribution is -2.42. The zero-order valence-corrected chi connectivity index (χ0v) is 14.1. The molecule has 25 heavy (non-hydrogen) atoms. The molecule has 4 rings (SSSR count). The molecule has 0 saturated carbocycles. The fourth-order valence-corrected chi connectivity index (χ4v) is 4.10. The molecule has 1 N–H and O–H groups in total. The number of piperidine rings is 1. The molecule has 9 nitrogen and oxygen atoms in total. The van der Waals surface area contributed by atoms with Crippen LogP contribution in [0.2, 0.25) is 0 Å². The molecule has 0 aliphatic carbocycles. The van der Waals surface area contributed by atoms with Crippen molar-refractivity contribution in [1.29, 1.82) is 5.26 Å². The minimum absolute atomic E-state index is 0.0554. The van der Waals surface area contributed by atoms with Crippen molar-refractivity contribution >= 4 is 32.8 Å². The third-order valence-electron chi connectivity index (χ3n) is 4.65. The van der Waals surface area contributed by atoms with E-state index in [2.05, 4.69) is 25.4 Å². The summed E-state index contributed by atoms with van der Waals surface area (Å²) in [4.78, 5) is 4.75. The first-order valence-electron chi connectivity index (χ1n) is 7.91. The van der Waals surface area contributed by atoms with Crippen LogP contribution in [0.15, 0.2) is 18.5 Å². The summed E-state index contributed by atoms with van der Waals surface area (Å²) in [5.41, 5.74) is 2.10. The zero-order valence-electron chi connectivity index (χ0n) is 13.2. The van der Waals surface area contributed by atoms with Crippen LogP contribution in [0.25, 0.3) is 22.1 Å². The fourth-order valence-electron chi connectivity index (χ4n) is 3.53. The minimum Gasteiger partial charge on any atom is -0.345 e. The van der Waals surface area contributed by atoms with Crippen LogP contribution < -0.4 is 0 Å². The number of nitrogens with zero attached hydrogens (tertiary/aromatic N) is 6. The van der Waals surface area contributed by atoms with Crippen LogP contribution >= 0.6 is 0 Å². The highest BCUT2D eigenvalue weighted by molar-refractivity contribution is 7.73. The Bertz CT molecular complexity index is 1050. The maximum absolute atomic E-state index is 11.4. The maximum atomic E-state index is 11.4. The van der Waals surface area contributed by atoms with Gasteiger partial charge < -0.3 is 4.98 Å². The molecular weight excluding hydrogens is 342 g/mol. The highest BCUT2D eigenvalue weighted by atomic mass is 32.2. The monoisotopic (exact) mass is 357 g/mol. The number of H-pyrrole nitrogens is 1. The summed E-state index contributed by atoms with van der Waals surface area (Å²) < 4.78 is 22.7. The van der Waals surface area contributed by atoms with Gasteiger partial charge in [0.15, 0.2) is 21.7 Å². The van der Waals surface area contributed by atoms with Crippen LogP contribution in [0.5, 0.6) is 0 Å². The van der Waals surface area contributed by atoms with Crippen LogP contribution in [0, 0.1) is 11.3 Å². The van der Waals surface area contributed by atoms with Crippen LogP contribution in [0.4, 0.5) is 0 Å². The van der Waals surface area contributed by atoms with Crippen LogP contribution in [-0.4, -0.2) is 57.2 Å². The molecule has 0 bridgehead atoms. The van der Waals surface area contributed by atoms with Gasteiger partial charge in [-0.15, -0.1) is 15.3 Å². The van der Waals surface area contributed by atoms with Crippen LogP contribution in [0.1, 0.15) is 24.3 Å². The van der Waals surface area contributed by atoms with E-state index in [0.29, 0.717) is 24.4 Å². The topological polar surface area (TPSA) is 129 Å². The molecule has 0 amide bonds. The van der Waals surface area contributed by atoms with E-state index in [1.54, 1.807) is 17.3 Å². The predicted octanol–water partition coefficient (Wildman–Crippen LogP) is 0.542. The lowest BCUT2D eigenvalue weighted by atomic mass is 9.89. The Hall–Kier alpha value is -2.64. The molecule has 2 atom stereocenters. The first-order chi connectivity index (χ1) is 12.2. The number of aromatic nitrogens is 5. The van der Waals surface area contributed by atoms with Gasteiger partial charge in [0.05, 0.1) is 12.3 Å². The Morgan fingerprint density at radius 1 is 1.36 bits per heavy atom. The van der Waals surface area contributed by atoms with Gasteiger partial charge in [-0.3, -0.25) is 4.90 Å². The molecule has 10 heteroatoms. The number of aromatic amines is 1. The van der Waals surface area contributed by atoms with Gasteiger partial charge in [-0.25, -0.2) is 8.42 Å². The lowest BCUT2D eigenvalue weighted by Gasteiger charge is -2.33. The molecule has 2 unspecified atom stereocenters. The fraction of sp³-hybridized carbons (Fsp3) is 0.400. The van der Waals surface area contributed by atoms with Gasteiger partial charge in [-0.1, -0.05) is 0 Å². The van der Waals surface area contributed by atoms with Gasteiger partial charge in [-0.2, -0.15) is 10.4 Å². The van der Waals surface area contributed by atoms with Gasteiger partial charge in [0.2, 0.25) is 5.65 Å². The smallest absolute Gasteiger partial charge is 0.204 e. The van der Waals surface area contributed by atoms with E-state index >= 15 is 0 Å². The standard InChI is InChI=1S/C15H15N7O2S/c16-6-12(25(23)24)22-5-1-2-9(8-22)11-7-18-19-15-13(11)10-3-4-17-14(10)20-21-15/h3-4,7,9,12,25H,1-2,5,8H2,(H,17,20). The number of hydrogen-bond acceptors (Lipinski definition) is 8. The van der Waals surface area contributed by atoms with Gasteiger partial charge >= 0.3 is 0 Å². The Balaban J connectivity index is 1.79. The summed E-state index contributed by atoms with van der Waals surface area (Å²) in [6.45, 7) is 1.07. The summed E-state index contributed by atoms with van der Waals surface area (Å²) in [5.74, 6) is 0.0554. The van der Waals surface area contributed by atoms with Crippen LogP contribution in [-0.2, 0) is 10.7 Å². The predicted molar refractivity (Wildman–Crippen MR) is 90.2 cm³/mol. The number of nitrogens with one attached hydrogen (secondary N) is 1. The lowest BCUT2D eigenvalue weighted by molar-refractivity contribution is 0.213. The second kappa shape index (κ2) is 6.34. The second-order valence-electron chi connectivity index (χ2n) is 6.06. The molecule has 1 aliphatic heterocycles. The van der Waals surface area contributed by atoms with Crippen LogP contribution in [0.3, 0.4) is 0 Å². The first kappa shape index (κ1) is 15.9. The van der Waals surface area contributed by atoms with Crippen molar-refractivity contribution in [2.45, 2.75) is 24.1 Å². The summed E-state index contributed by atoms with van der Waals surface area (Å²) >= 11 is 0. The number of thiol groups is 1. The average Bonchev–Trinajstić information content (AvgIpc) is 3.11. The number of rotatable bonds is 3. The van der Waals surface area contributed by atoms with Gasteiger partial charge in [0.25, 0.3) is 0 Å². The van der Waals surface area contributed by atoms with Crippen molar-refractivity contribution in [2.24, 2.45) is 0 Å². The quantitative estimate of drug-likeness (QED) is 0.650. The molecule has 128 valence electrons. The number of nitriles is 1. The van der Waals surface area contributed by atoms with Crippen molar-refractivity contribution in [3.8, 4) is 6.07 Å². The molecule has 0 radical (unpaired) electrons. The number of hydrogen-bond donors (Lipinski definition) is 2. The average molecular weight is 357 g/mol. The first-order valence-corrected chi connectivity index (χ1v) is 9.16. The molecular formula is C15H15N7O2S. The Kier molecular flexibility index (Phi) is 4.03. The molecule has 3 aromatic heterocycles. The zero-order chi connectivity index (χ0) is 17.4. The SMILES string of the molecule is N#CC(N1CCCC(c2cnnc3nnc4[nH]ccc4c23)C1)[SH](=O)=O. The summed E-state index contributed by atoms with van der Waals surface area (Å²) in [6.07, 6.45) is 5.21. The molecule has 4 heterocycles. The van der Waals surface area contributed by atoms with Gasteiger partial charge in [0, 0.05) is 30.1 Å². The van der Waals surface area contributed by atoms with Crippen molar-refractivity contribution in [3.05, 3.63) is 24.0 Å². The summed E-state index contributed by atoms with van der Waals surface area (Å²) in [6, 6.07) is 3.80. The molecule has 0 aromatic carbocycles. The Morgan fingerprint density at radius 3 is 3.04 bits per heavy atom. The van der Waals surface area contributed by atoms with Gasteiger partial charge in [-0.05, 0) is 30.4 Å². The van der Waals surface area contributed by atoms with Crippen molar-refractivity contribution < 1.29 is 8.42 Å². The van der Waals surface area contributed by atoms with E-state index in [1.165, 1.54) is 0 Å². The summed E-state index contributed by atoms with van der Waals surface area (Å²) in [7, 11) is -2.82. The largest absolute Gasteiger partial charge is 0.345 e.